The van der Waals surface area contributed by atoms with Gasteiger partial charge in [0.25, 0.3) is 0 Å². The molecule has 0 atom stereocenters. The van der Waals surface area contributed by atoms with Gasteiger partial charge in [0.05, 0.1) is 5.00 Å². The zero-order valence-electron chi connectivity index (χ0n) is 13.1. The maximum atomic E-state index is 12.0. The Bertz CT molecular complexity index is 614. The van der Waals surface area contributed by atoms with Crippen LogP contribution in [-0.4, -0.2) is 12.3 Å². The predicted octanol–water partition coefficient (Wildman–Crippen LogP) is 3.30. The van der Waals surface area contributed by atoms with E-state index < -0.39 is 0 Å². The molecule has 0 fully saturated rings. The smallest absolute Gasteiger partial charge is 0.225 e. The number of primary amides is 1. The third kappa shape index (κ3) is 5.53. The Hall–Kier alpha value is -2.14. The lowest BCUT2D eigenvalue weighted by atomic mass is 10.00. The van der Waals surface area contributed by atoms with Gasteiger partial charge in [-0.15, -0.1) is 11.3 Å². The van der Waals surface area contributed by atoms with E-state index in [9.17, 15) is 4.79 Å². The molecule has 0 aliphatic heterocycles. The van der Waals surface area contributed by atoms with Crippen LogP contribution in [-0.2, 0) is 28.9 Å². The van der Waals surface area contributed by atoms with Crippen molar-refractivity contribution in [1.82, 2.24) is 0 Å². The van der Waals surface area contributed by atoms with Crippen molar-refractivity contribution in [3.63, 3.8) is 0 Å². The average molecular weight is 330 g/mol. The normalized spacial score (nSPS) is 12.5. The second-order valence-electron chi connectivity index (χ2n) is 5.44. The zero-order chi connectivity index (χ0) is 16.5. The van der Waals surface area contributed by atoms with E-state index in [-0.39, 0.29) is 12.3 Å². The number of nitrogens with one attached hydrogen (secondary N) is 1. The van der Waals surface area contributed by atoms with Crippen LogP contribution in [0, 0.1) is 0 Å². The largest absolute Gasteiger partial charge is 0.372 e. The van der Waals surface area contributed by atoms with Crippen molar-refractivity contribution >= 4 is 28.7 Å². The molecule has 1 heterocycles. The maximum absolute atomic E-state index is 12.0. The molecule has 2 amide bonds. The SMILES string of the molecule is NC=O.O=C(CCc1ccccc1)Nc1cc2c(s1)CCCC2. The topological polar surface area (TPSA) is 72.2 Å². The number of carbonyl (C=O) groups is 2. The molecule has 23 heavy (non-hydrogen) atoms. The molecule has 122 valence electrons. The van der Waals surface area contributed by atoms with Crippen LogP contribution in [0.4, 0.5) is 5.00 Å². The number of carbonyl (C=O) groups excluding carboxylic acids is 2. The van der Waals surface area contributed by atoms with Gasteiger partial charge in [0.2, 0.25) is 12.3 Å². The first kappa shape index (κ1) is 17.2. The number of fused-ring (bicyclic) bond motifs is 1. The fourth-order valence-corrected chi connectivity index (χ4v) is 3.82. The van der Waals surface area contributed by atoms with Crippen LogP contribution in [0.1, 0.15) is 35.3 Å². The lowest BCUT2D eigenvalue weighted by Crippen LogP contribution is -2.11. The van der Waals surface area contributed by atoms with Gasteiger partial charge in [-0.2, -0.15) is 0 Å². The maximum Gasteiger partial charge on any atom is 0.225 e. The van der Waals surface area contributed by atoms with E-state index in [1.807, 2.05) is 18.2 Å². The molecule has 1 aromatic heterocycles. The van der Waals surface area contributed by atoms with Gasteiger partial charge in [0, 0.05) is 11.3 Å². The number of anilines is 1. The minimum atomic E-state index is 0.118. The lowest BCUT2D eigenvalue weighted by molar-refractivity contribution is -0.116. The van der Waals surface area contributed by atoms with Crippen LogP contribution in [0.5, 0.6) is 0 Å². The van der Waals surface area contributed by atoms with Gasteiger partial charge >= 0.3 is 0 Å². The van der Waals surface area contributed by atoms with Crippen molar-refractivity contribution < 1.29 is 9.59 Å². The number of hydrogen-bond acceptors (Lipinski definition) is 3. The van der Waals surface area contributed by atoms with Crippen LogP contribution in [0.15, 0.2) is 36.4 Å². The molecule has 0 bridgehead atoms. The Morgan fingerprint density at radius 3 is 2.61 bits per heavy atom. The summed E-state index contributed by atoms with van der Waals surface area (Å²) in [6.07, 6.45) is 6.52. The van der Waals surface area contributed by atoms with E-state index in [1.165, 1.54) is 41.7 Å². The third-order valence-corrected chi connectivity index (χ3v) is 4.90. The fraction of sp³-hybridized carbons (Fsp3) is 0.333. The quantitative estimate of drug-likeness (QED) is 0.844. The molecule has 3 N–H and O–H groups in total. The minimum absolute atomic E-state index is 0.118. The summed E-state index contributed by atoms with van der Waals surface area (Å²) in [6, 6.07) is 12.3. The van der Waals surface area contributed by atoms with E-state index in [4.69, 9.17) is 4.79 Å². The molecule has 3 rings (SSSR count). The van der Waals surface area contributed by atoms with Gasteiger partial charge in [0.1, 0.15) is 0 Å². The van der Waals surface area contributed by atoms with Gasteiger partial charge in [-0.1, -0.05) is 30.3 Å². The summed E-state index contributed by atoms with van der Waals surface area (Å²) < 4.78 is 0. The van der Waals surface area contributed by atoms with Crippen LogP contribution >= 0.6 is 11.3 Å². The Morgan fingerprint density at radius 2 is 1.91 bits per heavy atom. The molecule has 2 aromatic rings. The third-order valence-electron chi connectivity index (χ3n) is 3.74. The Morgan fingerprint density at radius 1 is 1.22 bits per heavy atom. The first-order valence-electron chi connectivity index (χ1n) is 7.83. The Labute approximate surface area is 140 Å². The number of aryl methyl sites for hydroxylation is 3. The van der Waals surface area contributed by atoms with Gasteiger partial charge in [-0.25, -0.2) is 0 Å². The van der Waals surface area contributed by atoms with Crippen molar-refractivity contribution in [2.45, 2.75) is 38.5 Å². The van der Waals surface area contributed by atoms with Crippen molar-refractivity contribution in [3.05, 3.63) is 52.4 Å². The highest BCUT2D eigenvalue weighted by atomic mass is 32.1. The summed E-state index contributed by atoms with van der Waals surface area (Å²) in [5.74, 6) is 0.118. The lowest BCUT2D eigenvalue weighted by Gasteiger charge is -2.08. The molecule has 0 saturated carbocycles. The standard InChI is InChI=1S/C17H19NOS.CH3NO/c19-16(11-10-13-6-2-1-3-7-13)18-17-12-14-8-4-5-9-15(14)20-17;2-1-3/h1-3,6-7,12H,4-5,8-11H2,(H,18,19);1H,(H2,2,3). The summed E-state index contributed by atoms with van der Waals surface area (Å²) in [4.78, 5) is 22.0. The van der Waals surface area contributed by atoms with Gasteiger partial charge < -0.3 is 11.1 Å². The minimum Gasteiger partial charge on any atom is -0.372 e. The van der Waals surface area contributed by atoms with E-state index >= 15 is 0 Å². The highest BCUT2D eigenvalue weighted by Gasteiger charge is 2.14. The van der Waals surface area contributed by atoms with Crippen LogP contribution in [0.2, 0.25) is 0 Å². The van der Waals surface area contributed by atoms with Crippen molar-refractivity contribution in [1.29, 1.82) is 0 Å². The second-order valence-corrected chi connectivity index (χ2v) is 6.57. The van der Waals surface area contributed by atoms with E-state index in [2.05, 4.69) is 29.2 Å². The molecule has 1 aromatic carbocycles. The molecule has 4 nitrogen and oxygen atoms in total. The monoisotopic (exact) mass is 330 g/mol. The van der Waals surface area contributed by atoms with Gasteiger partial charge in [-0.05, 0) is 49.3 Å². The summed E-state index contributed by atoms with van der Waals surface area (Å²) in [5, 5.41) is 4.07. The highest BCUT2D eigenvalue weighted by Crippen LogP contribution is 2.32. The van der Waals surface area contributed by atoms with Crippen molar-refractivity contribution in [2.75, 3.05) is 5.32 Å². The molecule has 0 unspecified atom stereocenters. The summed E-state index contributed by atoms with van der Waals surface area (Å²) in [7, 11) is 0. The number of thiophene rings is 1. The molecule has 1 aliphatic carbocycles. The molecular formula is C18H22N2O2S. The second kappa shape index (κ2) is 9.10. The molecule has 0 saturated heterocycles. The Balaban J connectivity index is 0.000000595. The number of benzene rings is 1. The first-order valence-corrected chi connectivity index (χ1v) is 8.65. The number of amides is 2. The molecule has 5 heteroatoms. The van der Waals surface area contributed by atoms with Crippen LogP contribution in [0.3, 0.4) is 0 Å². The fourth-order valence-electron chi connectivity index (χ4n) is 2.65. The summed E-state index contributed by atoms with van der Waals surface area (Å²) >= 11 is 1.75. The highest BCUT2D eigenvalue weighted by molar-refractivity contribution is 7.16. The number of hydrogen-bond donors (Lipinski definition) is 2. The molecule has 0 radical (unpaired) electrons. The van der Waals surface area contributed by atoms with Crippen LogP contribution in [0.25, 0.3) is 0 Å². The number of rotatable bonds is 4. The van der Waals surface area contributed by atoms with Gasteiger partial charge in [-0.3, -0.25) is 9.59 Å². The number of nitrogens with two attached hydrogens (primary N) is 1. The van der Waals surface area contributed by atoms with E-state index in [1.54, 1.807) is 11.3 Å². The molecule has 1 aliphatic rings. The average Bonchev–Trinajstić information content (AvgIpc) is 2.97. The van der Waals surface area contributed by atoms with Crippen molar-refractivity contribution in [2.24, 2.45) is 5.73 Å². The molecule has 0 spiro atoms. The summed E-state index contributed by atoms with van der Waals surface area (Å²) in [5.41, 5.74) is 6.83. The van der Waals surface area contributed by atoms with Crippen LogP contribution < -0.4 is 11.1 Å². The van der Waals surface area contributed by atoms with E-state index in [0.29, 0.717) is 6.42 Å². The summed E-state index contributed by atoms with van der Waals surface area (Å²) in [6.45, 7) is 0. The van der Waals surface area contributed by atoms with Crippen molar-refractivity contribution in [3.8, 4) is 0 Å². The Kier molecular flexibility index (Phi) is 6.81. The van der Waals surface area contributed by atoms with E-state index in [0.717, 1.165) is 11.4 Å². The zero-order valence-corrected chi connectivity index (χ0v) is 13.9. The first-order chi connectivity index (χ1) is 11.2. The molecular weight excluding hydrogens is 308 g/mol. The van der Waals surface area contributed by atoms with Gasteiger partial charge in [0.15, 0.2) is 0 Å². The predicted molar refractivity (Wildman–Crippen MR) is 94.6 cm³/mol.